The van der Waals surface area contributed by atoms with Gasteiger partial charge in [0.1, 0.15) is 12.2 Å². The first-order valence-electron chi connectivity index (χ1n) is 5.78. The second-order valence-corrected chi connectivity index (χ2v) is 4.58. The van der Waals surface area contributed by atoms with Crippen LogP contribution < -0.4 is 5.32 Å². The highest BCUT2D eigenvalue weighted by atomic mass is 16.5. The van der Waals surface area contributed by atoms with Gasteiger partial charge in [-0.25, -0.2) is 0 Å². The lowest BCUT2D eigenvalue weighted by Gasteiger charge is -2.28. The van der Waals surface area contributed by atoms with Gasteiger partial charge in [-0.2, -0.15) is 0 Å². The van der Waals surface area contributed by atoms with E-state index in [9.17, 15) is 4.79 Å². The molecule has 5 heteroatoms. The maximum absolute atomic E-state index is 12.0. The lowest BCUT2D eigenvalue weighted by Crippen LogP contribution is -2.45. The Morgan fingerprint density at radius 1 is 1.25 bits per heavy atom. The van der Waals surface area contributed by atoms with Crippen molar-refractivity contribution >= 4 is 5.91 Å². The molecule has 2 heterocycles. The Morgan fingerprint density at radius 2 is 1.81 bits per heavy atom. The van der Waals surface area contributed by atoms with E-state index < -0.39 is 0 Å². The molecule has 0 aromatic heterocycles. The van der Waals surface area contributed by atoms with Crippen molar-refractivity contribution in [3.8, 4) is 0 Å². The van der Waals surface area contributed by atoms with Crippen LogP contribution in [0.2, 0.25) is 0 Å². The summed E-state index contributed by atoms with van der Waals surface area (Å²) in [5.41, 5.74) is 0. The Kier molecular flexibility index (Phi) is 3.78. The fraction of sp³-hybridized carbons (Fsp3) is 0.909. The molecule has 2 saturated heterocycles. The number of amides is 1. The second-order valence-electron chi connectivity index (χ2n) is 4.58. The molecular weight excluding hydrogens is 208 g/mol. The van der Waals surface area contributed by atoms with Crippen molar-refractivity contribution in [1.82, 2.24) is 10.2 Å². The van der Waals surface area contributed by atoms with Gasteiger partial charge >= 0.3 is 0 Å². The molecule has 0 bridgehead atoms. The third kappa shape index (κ3) is 2.36. The Balaban J connectivity index is 1.83. The van der Waals surface area contributed by atoms with Crippen molar-refractivity contribution in [2.24, 2.45) is 5.92 Å². The number of carbonyl (C=O) groups is 1. The van der Waals surface area contributed by atoms with Crippen LogP contribution in [0.25, 0.3) is 0 Å². The fourth-order valence-corrected chi connectivity index (χ4v) is 2.27. The SMILES string of the molecule is COC1CN(C(=O)CC2CNC2)CC1OC. The van der Waals surface area contributed by atoms with E-state index in [-0.39, 0.29) is 18.1 Å². The van der Waals surface area contributed by atoms with E-state index in [4.69, 9.17) is 9.47 Å². The van der Waals surface area contributed by atoms with Gasteiger partial charge in [-0.3, -0.25) is 4.79 Å². The summed E-state index contributed by atoms with van der Waals surface area (Å²) in [6.07, 6.45) is 0.696. The summed E-state index contributed by atoms with van der Waals surface area (Å²) in [4.78, 5) is 13.8. The molecule has 0 radical (unpaired) electrons. The van der Waals surface area contributed by atoms with Crippen molar-refractivity contribution in [2.75, 3.05) is 40.4 Å². The molecule has 2 aliphatic rings. The maximum atomic E-state index is 12.0. The summed E-state index contributed by atoms with van der Waals surface area (Å²) >= 11 is 0. The summed E-state index contributed by atoms with van der Waals surface area (Å²) in [5.74, 6) is 0.753. The van der Waals surface area contributed by atoms with Crippen LogP contribution in [0, 0.1) is 5.92 Å². The minimum atomic E-state index is 0.0217. The standard InChI is InChI=1S/C11H20N2O3/c1-15-9-6-13(7-10(9)16-2)11(14)3-8-4-12-5-8/h8-10,12H,3-7H2,1-2H3. The average molecular weight is 228 g/mol. The van der Waals surface area contributed by atoms with Gasteiger partial charge in [0.15, 0.2) is 0 Å². The van der Waals surface area contributed by atoms with Crippen molar-refractivity contribution in [1.29, 1.82) is 0 Å². The van der Waals surface area contributed by atoms with E-state index in [0.717, 1.165) is 13.1 Å². The van der Waals surface area contributed by atoms with Crippen LogP contribution in [-0.2, 0) is 14.3 Å². The predicted octanol–water partition coefficient (Wildman–Crippen LogP) is -0.532. The van der Waals surface area contributed by atoms with Gasteiger partial charge in [0, 0.05) is 33.7 Å². The highest BCUT2D eigenvalue weighted by Crippen LogP contribution is 2.19. The number of methoxy groups -OCH3 is 2. The highest BCUT2D eigenvalue weighted by molar-refractivity contribution is 5.77. The molecule has 92 valence electrons. The zero-order chi connectivity index (χ0) is 11.5. The first-order chi connectivity index (χ1) is 7.74. The quantitative estimate of drug-likeness (QED) is 0.702. The van der Waals surface area contributed by atoms with Gasteiger partial charge in [0.05, 0.1) is 0 Å². The number of nitrogens with zero attached hydrogens (tertiary/aromatic N) is 1. The summed E-state index contributed by atoms with van der Waals surface area (Å²) in [6, 6.07) is 0. The van der Waals surface area contributed by atoms with Gasteiger partial charge in [-0.05, 0) is 19.0 Å². The zero-order valence-corrected chi connectivity index (χ0v) is 9.94. The van der Waals surface area contributed by atoms with Gasteiger partial charge in [-0.1, -0.05) is 0 Å². The van der Waals surface area contributed by atoms with E-state index in [1.807, 2.05) is 4.90 Å². The lowest BCUT2D eigenvalue weighted by atomic mass is 9.99. The zero-order valence-electron chi connectivity index (χ0n) is 9.94. The van der Waals surface area contributed by atoms with Crippen LogP contribution in [0.4, 0.5) is 0 Å². The monoisotopic (exact) mass is 228 g/mol. The molecule has 1 amide bonds. The molecule has 2 rings (SSSR count). The molecule has 1 N–H and O–H groups in total. The number of carbonyl (C=O) groups excluding carboxylic acids is 1. The molecule has 5 nitrogen and oxygen atoms in total. The molecule has 0 aromatic rings. The van der Waals surface area contributed by atoms with Gasteiger partial charge in [-0.15, -0.1) is 0 Å². The number of ether oxygens (including phenoxy) is 2. The molecule has 0 aliphatic carbocycles. The van der Waals surface area contributed by atoms with Crippen molar-refractivity contribution < 1.29 is 14.3 Å². The number of nitrogens with one attached hydrogen (secondary N) is 1. The Hall–Kier alpha value is -0.650. The largest absolute Gasteiger partial charge is 0.377 e. The normalized spacial score (nSPS) is 30.5. The van der Waals surface area contributed by atoms with Gasteiger partial charge in [0.2, 0.25) is 5.91 Å². The fourth-order valence-electron chi connectivity index (χ4n) is 2.27. The van der Waals surface area contributed by atoms with Gasteiger partial charge < -0.3 is 19.7 Å². The smallest absolute Gasteiger partial charge is 0.223 e. The van der Waals surface area contributed by atoms with Crippen molar-refractivity contribution in [3.05, 3.63) is 0 Å². The van der Waals surface area contributed by atoms with Crippen LogP contribution >= 0.6 is 0 Å². The first-order valence-corrected chi connectivity index (χ1v) is 5.78. The molecule has 16 heavy (non-hydrogen) atoms. The minimum Gasteiger partial charge on any atom is -0.377 e. The maximum Gasteiger partial charge on any atom is 0.223 e. The molecule has 2 atom stereocenters. The van der Waals surface area contributed by atoms with Crippen LogP contribution in [-0.4, -0.2) is 63.4 Å². The average Bonchev–Trinajstić information content (AvgIpc) is 2.66. The highest BCUT2D eigenvalue weighted by Gasteiger charge is 2.36. The van der Waals surface area contributed by atoms with Gasteiger partial charge in [0.25, 0.3) is 0 Å². The topological polar surface area (TPSA) is 50.8 Å². The summed E-state index contributed by atoms with van der Waals surface area (Å²) in [5, 5.41) is 3.18. The third-order valence-corrected chi connectivity index (χ3v) is 3.50. The predicted molar refractivity (Wildman–Crippen MR) is 59.2 cm³/mol. The van der Waals surface area contributed by atoms with Crippen LogP contribution in [0.15, 0.2) is 0 Å². The molecule has 0 saturated carbocycles. The number of rotatable bonds is 4. The van der Waals surface area contributed by atoms with E-state index in [2.05, 4.69) is 5.32 Å². The Bertz CT molecular complexity index is 244. The summed E-state index contributed by atoms with van der Waals surface area (Å²) in [7, 11) is 3.33. The molecule has 2 aliphatic heterocycles. The van der Waals surface area contributed by atoms with E-state index in [1.54, 1.807) is 14.2 Å². The van der Waals surface area contributed by atoms with E-state index in [1.165, 1.54) is 0 Å². The third-order valence-electron chi connectivity index (χ3n) is 3.50. The number of hydrogen-bond acceptors (Lipinski definition) is 4. The summed E-state index contributed by atoms with van der Waals surface area (Å²) in [6.45, 7) is 3.27. The molecular formula is C11H20N2O3. The van der Waals surface area contributed by atoms with E-state index >= 15 is 0 Å². The lowest BCUT2D eigenvalue weighted by molar-refractivity contribution is -0.132. The van der Waals surface area contributed by atoms with Crippen LogP contribution in [0.1, 0.15) is 6.42 Å². The van der Waals surface area contributed by atoms with Crippen molar-refractivity contribution in [3.63, 3.8) is 0 Å². The second kappa shape index (κ2) is 5.12. The Morgan fingerprint density at radius 3 is 2.19 bits per heavy atom. The Labute approximate surface area is 96.1 Å². The molecule has 2 fully saturated rings. The molecule has 0 spiro atoms. The number of likely N-dealkylation sites (tertiary alicyclic amines) is 1. The van der Waals surface area contributed by atoms with E-state index in [0.29, 0.717) is 25.4 Å². The van der Waals surface area contributed by atoms with Crippen LogP contribution in [0.3, 0.4) is 0 Å². The first kappa shape index (κ1) is 11.8. The summed E-state index contributed by atoms with van der Waals surface area (Å²) < 4.78 is 10.6. The van der Waals surface area contributed by atoms with Crippen LogP contribution in [0.5, 0.6) is 0 Å². The molecule has 0 aromatic carbocycles. The number of hydrogen-bond donors (Lipinski definition) is 1. The van der Waals surface area contributed by atoms with Crippen molar-refractivity contribution in [2.45, 2.75) is 18.6 Å². The minimum absolute atomic E-state index is 0.0217. The molecule has 2 unspecified atom stereocenters.